The zero-order valence-electron chi connectivity index (χ0n) is 13.8. The molecule has 0 radical (unpaired) electrons. The monoisotopic (exact) mass is 340 g/mol. The van der Waals surface area contributed by atoms with Crippen LogP contribution in [-0.4, -0.2) is 57.2 Å². The second-order valence-corrected chi connectivity index (χ2v) is 8.25. The number of carbonyl (C=O) groups excluding carboxylic acids is 1. The van der Waals surface area contributed by atoms with E-state index < -0.39 is 15.9 Å². The Morgan fingerprint density at radius 2 is 2.00 bits per heavy atom. The molecule has 1 atom stereocenters. The molecule has 0 saturated carbocycles. The van der Waals surface area contributed by atoms with Gasteiger partial charge in [0.25, 0.3) is 0 Å². The lowest BCUT2D eigenvalue weighted by Gasteiger charge is -2.32. The van der Waals surface area contributed by atoms with Crippen LogP contribution < -0.4 is 5.32 Å². The number of nitrogens with zero attached hydrogens (tertiary/aromatic N) is 1. The van der Waals surface area contributed by atoms with E-state index in [2.05, 4.69) is 5.32 Å². The third kappa shape index (κ3) is 5.21. The average molecular weight is 340 g/mol. The number of hydrogen-bond acceptors (Lipinski definition) is 4. The van der Waals surface area contributed by atoms with Crippen molar-refractivity contribution in [1.29, 1.82) is 0 Å². The van der Waals surface area contributed by atoms with Crippen molar-refractivity contribution >= 4 is 15.9 Å². The first kappa shape index (κ1) is 17.7. The summed E-state index contributed by atoms with van der Waals surface area (Å²) in [5.41, 5.74) is 3.39. The third-order valence-corrected chi connectivity index (χ3v) is 4.95. The SMILES string of the molecule is Cc1cccc(C)c1CNC(=O)N1CCOC(CS(C)(=O)=O)C1. The van der Waals surface area contributed by atoms with Gasteiger partial charge in [0.2, 0.25) is 0 Å². The second-order valence-electron chi connectivity index (χ2n) is 6.06. The molecular weight excluding hydrogens is 316 g/mol. The normalized spacial score (nSPS) is 18.7. The van der Waals surface area contributed by atoms with Gasteiger partial charge in [0.05, 0.1) is 18.5 Å². The minimum absolute atomic E-state index is 0.0618. The molecule has 1 N–H and O–H groups in total. The molecule has 2 rings (SSSR count). The fourth-order valence-electron chi connectivity index (χ4n) is 2.75. The highest BCUT2D eigenvalue weighted by Crippen LogP contribution is 2.13. The molecule has 0 spiro atoms. The predicted octanol–water partition coefficient (Wildman–Crippen LogP) is 1.26. The van der Waals surface area contributed by atoms with Crippen LogP contribution >= 0.6 is 0 Å². The van der Waals surface area contributed by atoms with Crippen molar-refractivity contribution in [2.75, 3.05) is 31.7 Å². The van der Waals surface area contributed by atoms with Gasteiger partial charge in [-0.25, -0.2) is 13.2 Å². The van der Waals surface area contributed by atoms with Gasteiger partial charge >= 0.3 is 6.03 Å². The number of rotatable bonds is 4. The summed E-state index contributed by atoms with van der Waals surface area (Å²) in [6.45, 7) is 5.63. The Labute approximate surface area is 137 Å². The maximum Gasteiger partial charge on any atom is 0.317 e. The first-order valence-corrected chi connectivity index (χ1v) is 9.69. The Bertz CT molecular complexity index is 652. The minimum Gasteiger partial charge on any atom is -0.373 e. The number of hydrogen-bond donors (Lipinski definition) is 1. The number of urea groups is 1. The van der Waals surface area contributed by atoms with E-state index in [4.69, 9.17) is 4.74 Å². The zero-order valence-corrected chi connectivity index (χ0v) is 14.6. The van der Waals surface area contributed by atoms with Gasteiger partial charge in [0.15, 0.2) is 0 Å². The molecule has 1 aliphatic rings. The lowest BCUT2D eigenvalue weighted by atomic mass is 10.0. The minimum atomic E-state index is -3.12. The van der Waals surface area contributed by atoms with Crippen molar-refractivity contribution in [3.05, 3.63) is 34.9 Å². The highest BCUT2D eigenvalue weighted by atomic mass is 32.2. The number of aryl methyl sites for hydroxylation is 2. The molecule has 1 saturated heterocycles. The Hall–Kier alpha value is -1.60. The van der Waals surface area contributed by atoms with Gasteiger partial charge in [-0.1, -0.05) is 18.2 Å². The molecule has 7 heteroatoms. The number of amides is 2. The van der Waals surface area contributed by atoms with Crippen molar-refractivity contribution in [3.8, 4) is 0 Å². The van der Waals surface area contributed by atoms with E-state index >= 15 is 0 Å². The van der Waals surface area contributed by atoms with Crippen LogP contribution in [0.25, 0.3) is 0 Å². The Kier molecular flexibility index (Phi) is 5.64. The average Bonchev–Trinajstić information content (AvgIpc) is 2.45. The van der Waals surface area contributed by atoms with Gasteiger partial charge in [-0.3, -0.25) is 0 Å². The molecule has 1 unspecified atom stereocenters. The van der Waals surface area contributed by atoms with E-state index in [-0.39, 0.29) is 11.8 Å². The van der Waals surface area contributed by atoms with Gasteiger partial charge in [0.1, 0.15) is 9.84 Å². The molecule has 1 aromatic carbocycles. The quantitative estimate of drug-likeness (QED) is 0.895. The van der Waals surface area contributed by atoms with Crippen LogP contribution in [0.5, 0.6) is 0 Å². The molecule has 23 heavy (non-hydrogen) atoms. The van der Waals surface area contributed by atoms with Crippen molar-refractivity contribution in [2.45, 2.75) is 26.5 Å². The zero-order chi connectivity index (χ0) is 17.0. The molecule has 1 aliphatic heterocycles. The molecule has 1 fully saturated rings. The number of carbonyl (C=O) groups is 1. The number of nitrogens with one attached hydrogen (secondary N) is 1. The van der Waals surface area contributed by atoms with E-state index in [1.54, 1.807) is 4.90 Å². The summed E-state index contributed by atoms with van der Waals surface area (Å²) in [7, 11) is -3.12. The number of morpholine rings is 1. The summed E-state index contributed by atoms with van der Waals surface area (Å²) in [4.78, 5) is 13.9. The van der Waals surface area contributed by atoms with Crippen LogP contribution in [0, 0.1) is 13.8 Å². The molecule has 1 heterocycles. The predicted molar refractivity (Wildman–Crippen MR) is 89.2 cm³/mol. The van der Waals surface area contributed by atoms with Crippen molar-refractivity contribution in [1.82, 2.24) is 10.2 Å². The van der Waals surface area contributed by atoms with E-state index in [0.717, 1.165) is 16.7 Å². The topological polar surface area (TPSA) is 75.7 Å². The van der Waals surface area contributed by atoms with Crippen molar-refractivity contribution < 1.29 is 17.9 Å². The Morgan fingerprint density at radius 1 is 1.35 bits per heavy atom. The summed E-state index contributed by atoms with van der Waals surface area (Å²) in [5, 5.41) is 2.92. The van der Waals surface area contributed by atoms with Gasteiger partial charge in [-0.05, 0) is 30.5 Å². The van der Waals surface area contributed by atoms with Crippen molar-refractivity contribution in [2.24, 2.45) is 0 Å². The van der Waals surface area contributed by atoms with E-state index in [9.17, 15) is 13.2 Å². The number of benzene rings is 1. The summed E-state index contributed by atoms with van der Waals surface area (Å²) in [6, 6.07) is 5.85. The lowest BCUT2D eigenvalue weighted by molar-refractivity contribution is -0.00170. The Balaban J connectivity index is 1.93. The maximum atomic E-state index is 12.3. The first-order valence-electron chi connectivity index (χ1n) is 7.63. The standard InChI is InChI=1S/C16H24N2O4S/c1-12-5-4-6-13(2)15(12)9-17-16(19)18-7-8-22-14(10-18)11-23(3,20)21/h4-6,14H,7-11H2,1-3H3,(H,17,19). The summed E-state index contributed by atoms with van der Waals surface area (Å²) >= 11 is 0. The summed E-state index contributed by atoms with van der Waals surface area (Å²) < 4.78 is 28.2. The highest BCUT2D eigenvalue weighted by Gasteiger charge is 2.26. The Morgan fingerprint density at radius 3 is 2.61 bits per heavy atom. The molecule has 1 aromatic rings. The fraction of sp³-hybridized carbons (Fsp3) is 0.562. The van der Waals surface area contributed by atoms with Crippen LogP contribution in [0.15, 0.2) is 18.2 Å². The summed E-state index contributed by atoms with van der Waals surface area (Å²) in [5.74, 6) is -0.0618. The van der Waals surface area contributed by atoms with E-state index in [1.807, 2.05) is 32.0 Å². The van der Waals surface area contributed by atoms with Gasteiger partial charge in [-0.2, -0.15) is 0 Å². The smallest absolute Gasteiger partial charge is 0.317 e. The highest BCUT2D eigenvalue weighted by molar-refractivity contribution is 7.90. The molecule has 0 aliphatic carbocycles. The van der Waals surface area contributed by atoms with E-state index in [1.165, 1.54) is 6.26 Å². The lowest BCUT2D eigenvalue weighted by Crippen LogP contribution is -2.51. The van der Waals surface area contributed by atoms with E-state index in [0.29, 0.717) is 26.2 Å². The fourth-order valence-corrected chi connectivity index (χ4v) is 3.62. The largest absolute Gasteiger partial charge is 0.373 e. The second kappa shape index (κ2) is 7.31. The molecule has 0 aromatic heterocycles. The van der Waals surface area contributed by atoms with Crippen LogP contribution in [-0.2, 0) is 21.1 Å². The van der Waals surface area contributed by atoms with Gasteiger partial charge < -0.3 is 15.0 Å². The molecular formula is C16H24N2O4S. The van der Waals surface area contributed by atoms with Crippen molar-refractivity contribution in [3.63, 3.8) is 0 Å². The first-order chi connectivity index (χ1) is 10.8. The number of ether oxygens (including phenoxy) is 1. The summed E-state index contributed by atoms with van der Waals surface area (Å²) in [6.07, 6.45) is 0.723. The molecule has 0 bridgehead atoms. The number of sulfone groups is 1. The van der Waals surface area contributed by atoms with Crippen LogP contribution in [0.4, 0.5) is 4.79 Å². The van der Waals surface area contributed by atoms with Gasteiger partial charge in [0, 0.05) is 25.9 Å². The van der Waals surface area contributed by atoms with Crippen LogP contribution in [0.1, 0.15) is 16.7 Å². The van der Waals surface area contributed by atoms with Crippen LogP contribution in [0.2, 0.25) is 0 Å². The molecule has 128 valence electrons. The molecule has 6 nitrogen and oxygen atoms in total. The van der Waals surface area contributed by atoms with Gasteiger partial charge in [-0.15, -0.1) is 0 Å². The van der Waals surface area contributed by atoms with Crippen LogP contribution in [0.3, 0.4) is 0 Å². The third-order valence-electron chi connectivity index (χ3n) is 3.98. The maximum absolute atomic E-state index is 12.3. The molecule has 2 amide bonds.